The molecule has 1 saturated carbocycles. The molecule has 0 aromatic heterocycles. The summed E-state index contributed by atoms with van der Waals surface area (Å²) in [7, 11) is 0. The maximum Gasteiger partial charge on any atom is 0.0636 e. The van der Waals surface area contributed by atoms with Crippen molar-refractivity contribution in [3.8, 4) is 0 Å². The van der Waals surface area contributed by atoms with Crippen molar-refractivity contribution in [3.05, 3.63) is 12.7 Å². The fourth-order valence-corrected chi connectivity index (χ4v) is 1.62. The molecule has 1 aliphatic rings. The Morgan fingerprint density at radius 3 is 2.77 bits per heavy atom. The van der Waals surface area contributed by atoms with Gasteiger partial charge in [0.05, 0.1) is 6.10 Å². The van der Waals surface area contributed by atoms with Crippen LogP contribution in [0.3, 0.4) is 0 Å². The van der Waals surface area contributed by atoms with Crippen molar-refractivity contribution in [2.45, 2.75) is 44.8 Å². The lowest BCUT2D eigenvalue weighted by molar-refractivity contribution is 0.183. The van der Waals surface area contributed by atoms with Gasteiger partial charge in [-0.1, -0.05) is 6.08 Å². The Kier molecular flexibility index (Phi) is 4.46. The van der Waals surface area contributed by atoms with Gasteiger partial charge in [-0.25, -0.2) is 0 Å². The van der Waals surface area contributed by atoms with Gasteiger partial charge < -0.3 is 10.4 Å². The first-order valence-corrected chi connectivity index (χ1v) is 5.26. The summed E-state index contributed by atoms with van der Waals surface area (Å²) < 4.78 is 0. The van der Waals surface area contributed by atoms with Crippen LogP contribution in [0.1, 0.15) is 32.6 Å². The standard InChI is InChI=1S/C11H21NO/c1-3-4-5-11(10-6-7-10)12-8-9(2)13/h3,9-13H,1,4-8H2,2H3. The third-order valence-corrected chi connectivity index (χ3v) is 2.55. The minimum absolute atomic E-state index is 0.231. The normalized spacial score (nSPS) is 21.1. The van der Waals surface area contributed by atoms with Crippen molar-refractivity contribution in [1.82, 2.24) is 5.32 Å². The lowest BCUT2D eigenvalue weighted by atomic mass is 10.1. The van der Waals surface area contributed by atoms with Gasteiger partial charge in [-0.3, -0.25) is 0 Å². The Morgan fingerprint density at radius 1 is 1.62 bits per heavy atom. The maximum atomic E-state index is 9.15. The number of hydrogen-bond donors (Lipinski definition) is 2. The number of allylic oxidation sites excluding steroid dienone is 1. The van der Waals surface area contributed by atoms with Gasteiger partial charge in [-0.2, -0.15) is 0 Å². The molecule has 0 amide bonds. The number of aliphatic hydroxyl groups is 1. The van der Waals surface area contributed by atoms with Crippen LogP contribution in [0.15, 0.2) is 12.7 Å². The summed E-state index contributed by atoms with van der Waals surface area (Å²) in [6, 6.07) is 0.604. The molecular formula is C11H21NO. The molecule has 0 bridgehead atoms. The minimum Gasteiger partial charge on any atom is -0.392 e. The first-order chi connectivity index (χ1) is 6.24. The van der Waals surface area contributed by atoms with Crippen molar-refractivity contribution >= 4 is 0 Å². The molecule has 0 radical (unpaired) electrons. The Bertz CT molecular complexity index is 152. The Labute approximate surface area is 81.0 Å². The van der Waals surface area contributed by atoms with E-state index in [1.807, 2.05) is 13.0 Å². The largest absolute Gasteiger partial charge is 0.392 e. The van der Waals surface area contributed by atoms with Gasteiger partial charge >= 0.3 is 0 Å². The van der Waals surface area contributed by atoms with Crippen LogP contribution in [0.4, 0.5) is 0 Å². The van der Waals surface area contributed by atoms with Crippen molar-refractivity contribution in [2.24, 2.45) is 5.92 Å². The first-order valence-electron chi connectivity index (χ1n) is 5.26. The molecule has 2 N–H and O–H groups in total. The van der Waals surface area contributed by atoms with Crippen LogP contribution in [-0.2, 0) is 0 Å². The lowest BCUT2D eigenvalue weighted by Crippen LogP contribution is -2.36. The zero-order valence-corrected chi connectivity index (χ0v) is 8.50. The molecular weight excluding hydrogens is 162 g/mol. The van der Waals surface area contributed by atoms with Crippen LogP contribution in [0, 0.1) is 5.92 Å². The zero-order chi connectivity index (χ0) is 9.68. The molecule has 1 rings (SSSR count). The van der Waals surface area contributed by atoms with E-state index in [4.69, 9.17) is 5.11 Å². The first kappa shape index (κ1) is 10.7. The monoisotopic (exact) mass is 183 g/mol. The van der Waals surface area contributed by atoms with Crippen LogP contribution >= 0.6 is 0 Å². The highest BCUT2D eigenvalue weighted by Gasteiger charge is 2.30. The molecule has 0 heterocycles. The molecule has 2 atom stereocenters. The Balaban J connectivity index is 2.17. The van der Waals surface area contributed by atoms with E-state index < -0.39 is 0 Å². The van der Waals surface area contributed by atoms with Crippen LogP contribution in [-0.4, -0.2) is 23.8 Å². The van der Waals surface area contributed by atoms with Crippen LogP contribution in [0.2, 0.25) is 0 Å². The quantitative estimate of drug-likeness (QED) is 0.589. The second-order valence-corrected chi connectivity index (χ2v) is 4.07. The topological polar surface area (TPSA) is 32.3 Å². The predicted octanol–water partition coefficient (Wildman–Crippen LogP) is 1.70. The zero-order valence-electron chi connectivity index (χ0n) is 8.50. The minimum atomic E-state index is -0.231. The van der Waals surface area contributed by atoms with Gasteiger partial charge in [0.25, 0.3) is 0 Å². The van der Waals surface area contributed by atoms with E-state index in [0.717, 1.165) is 18.9 Å². The highest BCUT2D eigenvalue weighted by atomic mass is 16.3. The van der Waals surface area contributed by atoms with Crippen LogP contribution in [0.25, 0.3) is 0 Å². The Morgan fingerprint density at radius 2 is 2.31 bits per heavy atom. The van der Waals surface area contributed by atoms with Crippen LogP contribution < -0.4 is 5.32 Å². The van der Waals surface area contributed by atoms with Gasteiger partial charge in [0, 0.05) is 12.6 Å². The highest BCUT2D eigenvalue weighted by molar-refractivity contribution is 4.88. The van der Waals surface area contributed by atoms with Crippen molar-refractivity contribution in [1.29, 1.82) is 0 Å². The van der Waals surface area contributed by atoms with Crippen molar-refractivity contribution in [2.75, 3.05) is 6.54 Å². The molecule has 2 unspecified atom stereocenters. The van der Waals surface area contributed by atoms with Crippen molar-refractivity contribution < 1.29 is 5.11 Å². The second-order valence-electron chi connectivity index (χ2n) is 4.07. The van der Waals surface area contributed by atoms with E-state index >= 15 is 0 Å². The summed E-state index contributed by atoms with van der Waals surface area (Å²) in [6.07, 6.45) is 6.70. The van der Waals surface area contributed by atoms with Gasteiger partial charge in [-0.15, -0.1) is 6.58 Å². The molecule has 2 nitrogen and oxygen atoms in total. The molecule has 2 heteroatoms. The van der Waals surface area contributed by atoms with Crippen LogP contribution in [0.5, 0.6) is 0 Å². The Hall–Kier alpha value is -0.340. The van der Waals surface area contributed by atoms with E-state index in [-0.39, 0.29) is 6.10 Å². The summed E-state index contributed by atoms with van der Waals surface area (Å²) in [5, 5.41) is 12.6. The third-order valence-electron chi connectivity index (χ3n) is 2.55. The second kappa shape index (κ2) is 5.40. The fourth-order valence-electron chi connectivity index (χ4n) is 1.62. The maximum absolute atomic E-state index is 9.15. The molecule has 0 saturated heterocycles. The molecule has 76 valence electrons. The molecule has 0 spiro atoms. The summed E-state index contributed by atoms with van der Waals surface area (Å²) in [5.41, 5.74) is 0. The molecule has 0 aliphatic heterocycles. The van der Waals surface area contributed by atoms with Gasteiger partial charge in [0.2, 0.25) is 0 Å². The predicted molar refractivity (Wildman–Crippen MR) is 55.6 cm³/mol. The van der Waals surface area contributed by atoms with Gasteiger partial charge in [0.15, 0.2) is 0 Å². The average molecular weight is 183 g/mol. The summed E-state index contributed by atoms with van der Waals surface area (Å²) in [5.74, 6) is 0.860. The molecule has 1 fully saturated rings. The molecule has 13 heavy (non-hydrogen) atoms. The van der Waals surface area contributed by atoms with Gasteiger partial charge in [0.1, 0.15) is 0 Å². The fraction of sp³-hybridized carbons (Fsp3) is 0.818. The summed E-state index contributed by atoms with van der Waals surface area (Å²) >= 11 is 0. The highest BCUT2D eigenvalue weighted by Crippen LogP contribution is 2.34. The number of hydrogen-bond acceptors (Lipinski definition) is 2. The molecule has 0 aromatic carbocycles. The molecule has 0 aromatic rings. The van der Waals surface area contributed by atoms with E-state index in [1.165, 1.54) is 19.3 Å². The van der Waals surface area contributed by atoms with E-state index in [1.54, 1.807) is 0 Å². The number of aliphatic hydroxyl groups excluding tert-OH is 1. The SMILES string of the molecule is C=CCCC(NCC(C)O)C1CC1. The third kappa shape index (κ3) is 4.44. The number of nitrogens with one attached hydrogen (secondary N) is 1. The smallest absolute Gasteiger partial charge is 0.0636 e. The van der Waals surface area contributed by atoms with E-state index in [9.17, 15) is 0 Å². The van der Waals surface area contributed by atoms with E-state index in [2.05, 4.69) is 11.9 Å². The van der Waals surface area contributed by atoms with Gasteiger partial charge in [-0.05, 0) is 38.5 Å². The molecule has 1 aliphatic carbocycles. The lowest BCUT2D eigenvalue weighted by Gasteiger charge is -2.18. The summed E-state index contributed by atoms with van der Waals surface area (Å²) in [4.78, 5) is 0. The summed E-state index contributed by atoms with van der Waals surface area (Å²) in [6.45, 7) is 6.27. The average Bonchev–Trinajstić information content (AvgIpc) is 2.87. The van der Waals surface area contributed by atoms with Crippen molar-refractivity contribution in [3.63, 3.8) is 0 Å². The number of rotatable bonds is 7. The van der Waals surface area contributed by atoms with E-state index in [0.29, 0.717) is 6.04 Å².